The zero-order valence-corrected chi connectivity index (χ0v) is 18.5. The second kappa shape index (κ2) is 10.2. The van der Waals surface area contributed by atoms with Crippen molar-refractivity contribution in [1.82, 2.24) is 0 Å². The highest BCUT2D eigenvalue weighted by Crippen LogP contribution is 2.19. The third-order valence-electron chi connectivity index (χ3n) is 4.02. The summed E-state index contributed by atoms with van der Waals surface area (Å²) >= 11 is 7.68. The van der Waals surface area contributed by atoms with Crippen LogP contribution in [0.4, 0.5) is 11.4 Å². The van der Waals surface area contributed by atoms with E-state index in [0.717, 1.165) is 14.9 Å². The Bertz CT molecular complexity index is 990. The number of amides is 1. The highest BCUT2D eigenvalue weighted by Gasteiger charge is 2.13. The molecule has 0 aliphatic heterocycles. The van der Waals surface area contributed by atoms with Gasteiger partial charge >= 0.3 is 0 Å². The van der Waals surface area contributed by atoms with Crippen molar-refractivity contribution in [1.29, 1.82) is 0 Å². The van der Waals surface area contributed by atoms with Crippen LogP contribution < -0.4 is 15.0 Å². The lowest BCUT2D eigenvalue weighted by Gasteiger charge is -2.23. The Morgan fingerprint density at radius 2 is 1.69 bits per heavy atom. The van der Waals surface area contributed by atoms with Crippen LogP contribution in [0.3, 0.4) is 0 Å². The van der Waals surface area contributed by atoms with Gasteiger partial charge in [-0.25, -0.2) is 0 Å². The SMILES string of the molecule is C=CCN(C(=S)Oc1ccc(C(=O)Nc2ccc(I)cc2)cc1)c1ccccc1. The highest BCUT2D eigenvalue weighted by molar-refractivity contribution is 14.1. The van der Waals surface area contributed by atoms with Gasteiger partial charge < -0.3 is 10.1 Å². The summed E-state index contributed by atoms with van der Waals surface area (Å²) in [6.45, 7) is 4.31. The van der Waals surface area contributed by atoms with Crippen molar-refractivity contribution >= 4 is 57.3 Å². The van der Waals surface area contributed by atoms with Crippen LogP contribution in [-0.2, 0) is 0 Å². The van der Waals surface area contributed by atoms with Gasteiger partial charge in [0, 0.05) is 27.1 Å². The smallest absolute Gasteiger partial charge is 0.269 e. The number of rotatable bonds is 6. The number of halogens is 1. The van der Waals surface area contributed by atoms with Crippen LogP contribution in [0.1, 0.15) is 10.4 Å². The summed E-state index contributed by atoms with van der Waals surface area (Å²) in [6, 6.07) is 24.2. The topological polar surface area (TPSA) is 41.6 Å². The molecule has 0 radical (unpaired) electrons. The number of carbonyl (C=O) groups excluding carboxylic acids is 1. The average molecular weight is 514 g/mol. The summed E-state index contributed by atoms with van der Waals surface area (Å²) in [4.78, 5) is 14.3. The summed E-state index contributed by atoms with van der Waals surface area (Å²) in [5.74, 6) is 0.378. The van der Waals surface area contributed by atoms with Crippen molar-refractivity contribution in [2.45, 2.75) is 0 Å². The van der Waals surface area contributed by atoms with E-state index in [1.165, 1.54) is 0 Å². The maximum absolute atomic E-state index is 12.4. The van der Waals surface area contributed by atoms with Crippen molar-refractivity contribution < 1.29 is 9.53 Å². The molecule has 3 aromatic rings. The minimum Gasteiger partial charge on any atom is -0.432 e. The van der Waals surface area contributed by atoms with Crippen LogP contribution in [0.25, 0.3) is 0 Å². The fourth-order valence-electron chi connectivity index (χ4n) is 2.59. The van der Waals surface area contributed by atoms with Gasteiger partial charge in [-0.2, -0.15) is 0 Å². The van der Waals surface area contributed by atoms with E-state index in [1.54, 1.807) is 30.3 Å². The first-order valence-electron chi connectivity index (χ1n) is 8.89. The molecule has 4 nitrogen and oxygen atoms in total. The summed E-state index contributed by atoms with van der Waals surface area (Å²) in [6.07, 6.45) is 1.76. The molecule has 1 amide bonds. The van der Waals surface area contributed by atoms with Gasteiger partial charge in [0.2, 0.25) is 0 Å². The summed E-state index contributed by atoms with van der Waals surface area (Å²) in [5.41, 5.74) is 2.21. The number of hydrogen-bond acceptors (Lipinski definition) is 3. The molecule has 0 atom stereocenters. The molecule has 0 aliphatic carbocycles. The normalized spacial score (nSPS) is 10.1. The van der Waals surface area contributed by atoms with E-state index in [4.69, 9.17) is 17.0 Å². The maximum atomic E-state index is 12.4. The summed E-state index contributed by atoms with van der Waals surface area (Å²) in [5, 5.41) is 3.19. The quantitative estimate of drug-likeness (QED) is 0.253. The Morgan fingerprint density at radius 3 is 2.31 bits per heavy atom. The van der Waals surface area contributed by atoms with Gasteiger partial charge in [-0.1, -0.05) is 24.3 Å². The number of ether oxygens (including phenoxy) is 1. The zero-order chi connectivity index (χ0) is 20.6. The molecule has 0 saturated heterocycles. The number of hydrogen-bond donors (Lipinski definition) is 1. The Balaban J connectivity index is 1.66. The molecule has 6 heteroatoms. The molecular weight excluding hydrogens is 495 g/mol. The molecule has 29 heavy (non-hydrogen) atoms. The van der Waals surface area contributed by atoms with Crippen LogP contribution in [0, 0.1) is 3.57 Å². The third kappa shape index (κ3) is 5.88. The number of thiocarbonyl (C=S) groups is 1. The Labute approximate surface area is 189 Å². The average Bonchev–Trinajstić information content (AvgIpc) is 2.74. The molecule has 0 heterocycles. The van der Waals surface area contributed by atoms with E-state index in [2.05, 4.69) is 34.5 Å². The summed E-state index contributed by atoms with van der Waals surface area (Å²) < 4.78 is 6.94. The van der Waals surface area contributed by atoms with E-state index in [9.17, 15) is 4.79 Å². The first-order chi connectivity index (χ1) is 14.1. The monoisotopic (exact) mass is 514 g/mol. The lowest BCUT2D eigenvalue weighted by Crippen LogP contribution is -2.33. The lowest BCUT2D eigenvalue weighted by atomic mass is 10.2. The molecule has 0 fully saturated rings. The van der Waals surface area contributed by atoms with Gasteiger partial charge in [0.25, 0.3) is 11.1 Å². The fraction of sp³-hybridized carbons (Fsp3) is 0.0435. The molecule has 0 unspecified atom stereocenters. The molecule has 3 rings (SSSR count). The van der Waals surface area contributed by atoms with Crippen LogP contribution >= 0.6 is 34.8 Å². The predicted molar refractivity (Wildman–Crippen MR) is 131 cm³/mol. The Hall–Kier alpha value is -2.71. The lowest BCUT2D eigenvalue weighted by molar-refractivity contribution is 0.102. The molecule has 0 spiro atoms. The minimum absolute atomic E-state index is 0.182. The minimum atomic E-state index is -0.182. The van der Waals surface area contributed by atoms with E-state index in [-0.39, 0.29) is 5.91 Å². The Kier molecular flexibility index (Phi) is 7.37. The Morgan fingerprint density at radius 1 is 1.03 bits per heavy atom. The van der Waals surface area contributed by atoms with Crippen LogP contribution in [0.15, 0.2) is 91.5 Å². The van der Waals surface area contributed by atoms with Gasteiger partial charge in [-0.05, 0) is 95.5 Å². The van der Waals surface area contributed by atoms with Gasteiger partial charge in [0.15, 0.2) is 0 Å². The van der Waals surface area contributed by atoms with Crippen molar-refractivity contribution in [3.8, 4) is 5.75 Å². The van der Waals surface area contributed by atoms with E-state index in [1.807, 2.05) is 59.5 Å². The second-order valence-corrected chi connectivity index (χ2v) is 7.68. The largest absolute Gasteiger partial charge is 0.432 e. The number of anilines is 2. The number of benzene rings is 3. The fourth-order valence-corrected chi connectivity index (χ4v) is 3.22. The van der Waals surface area contributed by atoms with E-state index in [0.29, 0.717) is 23.0 Å². The number of nitrogens with zero attached hydrogens (tertiary/aromatic N) is 1. The van der Waals surface area contributed by atoms with Gasteiger partial charge in [0.05, 0.1) is 0 Å². The highest BCUT2D eigenvalue weighted by atomic mass is 127. The number of para-hydroxylation sites is 1. The number of nitrogens with one attached hydrogen (secondary N) is 1. The van der Waals surface area contributed by atoms with Crippen molar-refractivity contribution in [2.24, 2.45) is 0 Å². The molecule has 1 N–H and O–H groups in total. The van der Waals surface area contributed by atoms with Gasteiger partial charge in [-0.3, -0.25) is 9.69 Å². The van der Waals surface area contributed by atoms with E-state index < -0.39 is 0 Å². The molecule has 0 aromatic heterocycles. The van der Waals surface area contributed by atoms with Crippen molar-refractivity contribution in [3.05, 3.63) is 101 Å². The molecule has 0 saturated carbocycles. The molecule has 3 aromatic carbocycles. The van der Waals surface area contributed by atoms with Crippen LogP contribution in [0.5, 0.6) is 5.75 Å². The van der Waals surface area contributed by atoms with Crippen molar-refractivity contribution in [2.75, 3.05) is 16.8 Å². The second-order valence-electron chi connectivity index (χ2n) is 6.09. The third-order valence-corrected chi connectivity index (χ3v) is 5.05. The summed E-state index contributed by atoms with van der Waals surface area (Å²) in [7, 11) is 0. The molecule has 0 aliphatic rings. The maximum Gasteiger partial charge on any atom is 0.269 e. The zero-order valence-electron chi connectivity index (χ0n) is 15.5. The predicted octanol–water partition coefficient (Wildman–Crippen LogP) is 5.90. The van der Waals surface area contributed by atoms with E-state index >= 15 is 0 Å². The standard InChI is InChI=1S/C23H19IN2O2S/c1-2-16-26(20-6-4-3-5-7-20)23(29)28-21-14-8-17(9-15-21)22(27)25-19-12-10-18(24)11-13-19/h2-15H,1,16H2,(H,25,27). The first kappa shape index (κ1) is 21.0. The molecular formula is C23H19IN2O2S. The van der Waals surface area contributed by atoms with Crippen molar-refractivity contribution in [3.63, 3.8) is 0 Å². The van der Waals surface area contributed by atoms with Crippen LogP contribution in [-0.4, -0.2) is 17.6 Å². The van der Waals surface area contributed by atoms with Crippen LogP contribution in [0.2, 0.25) is 0 Å². The first-order valence-corrected chi connectivity index (χ1v) is 10.4. The molecule has 0 bridgehead atoms. The van der Waals surface area contributed by atoms with Gasteiger partial charge in [-0.15, -0.1) is 6.58 Å². The molecule has 146 valence electrons. The number of carbonyl (C=O) groups is 1. The van der Waals surface area contributed by atoms with Gasteiger partial charge in [0.1, 0.15) is 5.75 Å².